The van der Waals surface area contributed by atoms with Crippen LogP contribution in [0, 0.1) is 0 Å². The third-order valence-electron chi connectivity index (χ3n) is 2.89. The SMILES string of the molecule is CCc1ncc(C(=O)NCCNc2ccc(C(F)(F)F)cn2)s1. The number of alkyl halides is 3. The Morgan fingerprint density at radius 2 is 2.00 bits per heavy atom. The minimum atomic E-state index is -4.40. The molecular weight excluding hydrogens is 329 g/mol. The van der Waals surface area contributed by atoms with Crippen LogP contribution in [0.2, 0.25) is 0 Å². The third-order valence-corrected chi connectivity index (χ3v) is 4.03. The van der Waals surface area contributed by atoms with Crippen LogP contribution in [0.5, 0.6) is 0 Å². The molecule has 2 heterocycles. The molecule has 23 heavy (non-hydrogen) atoms. The lowest BCUT2D eigenvalue weighted by molar-refractivity contribution is -0.137. The van der Waals surface area contributed by atoms with Crippen molar-refractivity contribution in [2.75, 3.05) is 18.4 Å². The number of hydrogen-bond donors (Lipinski definition) is 2. The van der Waals surface area contributed by atoms with Gasteiger partial charge in [-0.2, -0.15) is 13.2 Å². The number of thiazole rings is 1. The van der Waals surface area contributed by atoms with Crippen molar-refractivity contribution in [3.8, 4) is 0 Å². The summed E-state index contributed by atoms with van der Waals surface area (Å²) in [6, 6.07) is 2.21. The van der Waals surface area contributed by atoms with E-state index in [1.807, 2.05) is 6.92 Å². The molecule has 0 aliphatic rings. The van der Waals surface area contributed by atoms with E-state index < -0.39 is 11.7 Å². The van der Waals surface area contributed by atoms with Gasteiger partial charge in [-0.05, 0) is 18.6 Å². The molecule has 0 bridgehead atoms. The number of aryl methyl sites for hydroxylation is 1. The van der Waals surface area contributed by atoms with E-state index in [0.29, 0.717) is 23.8 Å². The first-order valence-electron chi connectivity index (χ1n) is 6.90. The Kier molecular flexibility index (Phi) is 5.54. The van der Waals surface area contributed by atoms with Crippen molar-refractivity contribution in [2.45, 2.75) is 19.5 Å². The van der Waals surface area contributed by atoms with E-state index in [4.69, 9.17) is 0 Å². The lowest BCUT2D eigenvalue weighted by Crippen LogP contribution is -2.28. The van der Waals surface area contributed by atoms with E-state index >= 15 is 0 Å². The highest BCUT2D eigenvalue weighted by atomic mass is 32.1. The van der Waals surface area contributed by atoms with Crippen molar-refractivity contribution in [1.29, 1.82) is 0 Å². The van der Waals surface area contributed by atoms with Gasteiger partial charge in [0.05, 0.1) is 16.8 Å². The predicted octanol–water partition coefficient (Wildman–Crippen LogP) is 2.96. The zero-order chi connectivity index (χ0) is 16.9. The second-order valence-corrected chi connectivity index (χ2v) is 5.70. The summed E-state index contributed by atoms with van der Waals surface area (Å²) in [6.07, 6.45) is -1.32. The van der Waals surface area contributed by atoms with Gasteiger partial charge in [0, 0.05) is 19.3 Å². The predicted molar refractivity (Wildman–Crippen MR) is 81.6 cm³/mol. The molecule has 0 unspecified atom stereocenters. The second-order valence-electron chi connectivity index (χ2n) is 4.58. The van der Waals surface area contributed by atoms with Crippen molar-refractivity contribution in [3.05, 3.63) is 40.0 Å². The summed E-state index contributed by atoms with van der Waals surface area (Å²) >= 11 is 1.34. The molecule has 2 rings (SSSR count). The number of amides is 1. The number of rotatable bonds is 6. The Morgan fingerprint density at radius 1 is 1.22 bits per heavy atom. The van der Waals surface area contributed by atoms with Crippen LogP contribution in [0.1, 0.15) is 27.2 Å². The Hall–Kier alpha value is -2.16. The van der Waals surface area contributed by atoms with Gasteiger partial charge in [-0.25, -0.2) is 9.97 Å². The van der Waals surface area contributed by atoms with E-state index in [2.05, 4.69) is 20.6 Å². The summed E-state index contributed by atoms with van der Waals surface area (Å²) in [7, 11) is 0. The van der Waals surface area contributed by atoms with Crippen LogP contribution in [0.3, 0.4) is 0 Å². The van der Waals surface area contributed by atoms with Crippen molar-refractivity contribution in [2.24, 2.45) is 0 Å². The Bertz CT molecular complexity index is 655. The zero-order valence-corrected chi connectivity index (χ0v) is 13.1. The molecule has 0 radical (unpaired) electrons. The van der Waals surface area contributed by atoms with E-state index in [1.165, 1.54) is 23.6 Å². The summed E-state index contributed by atoms with van der Waals surface area (Å²) in [5.74, 6) is 0.0997. The second kappa shape index (κ2) is 7.40. The average molecular weight is 344 g/mol. The van der Waals surface area contributed by atoms with Crippen LogP contribution in [0.25, 0.3) is 0 Å². The molecule has 0 aromatic carbocycles. The number of pyridine rings is 1. The number of aromatic nitrogens is 2. The molecule has 2 aromatic rings. The highest BCUT2D eigenvalue weighted by Gasteiger charge is 2.30. The van der Waals surface area contributed by atoms with E-state index in [1.54, 1.807) is 0 Å². The number of anilines is 1. The number of carbonyl (C=O) groups excluding carboxylic acids is 1. The molecule has 0 aliphatic heterocycles. The number of nitrogens with zero attached hydrogens (tertiary/aromatic N) is 2. The number of halogens is 3. The van der Waals surface area contributed by atoms with Gasteiger partial charge in [0.25, 0.3) is 5.91 Å². The molecule has 1 amide bonds. The Labute approximate surface area is 135 Å². The monoisotopic (exact) mass is 344 g/mol. The van der Waals surface area contributed by atoms with E-state index in [9.17, 15) is 18.0 Å². The third kappa shape index (κ3) is 4.92. The largest absolute Gasteiger partial charge is 0.417 e. The fraction of sp³-hybridized carbons (Fsp3) is 0.357. The average Bonchev–Trinajstić information content (AvgIpc) is 3.00. The van der Waals surface area contributed by atoms with Gasteiger partial charge >= 0.3 is 6.18 Å². The molecule has 0 saturated carbocycles. The van der Waals surface area contributed by atoms with E-state index in [0.717, 1.165) is 23.7 Å². The smallest absolute Gasteiger partial charge is 0.368 e. The highest BCUT2D eigenvalue weighted by molar-refractivity contribution is 7.13. The summed E-state index contributed by atoms with van der Waals surface area (Å²) in [5, 5.41) is 6.44. The molecule has 124 valence electrons. The van der Waals surface area contributed by atoms with Gasteiger partial charge in [0.15, 0.2) is 0 Å². The van der Waals surface area contributed by atoms with Crippen LogP contribution in [0.15, 0.2) is 24.5 Å². The molecule has 2 N–H and O–H groups in total. The first kappa shape index (κ1) is 17.2. The van der Waals surface area contributed by atoms with Gasteiger partial charge in [-0.15, -0.1) is 11.3 Å². The van der Waals surface area contributed by atoms with Gasteiger partial charge in [-0.1, -0.05) is 6.92 Å². The summed E-state index contributed by atoms with van der Waals surface area (Å²) < 4.78 is 37.2. The molecule has 2 aromatic heterocycles. The van der Waals surface area contributed by atoms with Crippen LogP contribution in [-0.2, 0) is 12.6 Å². The van der Waals surface area contributed by atoms with Gasteiger partial charge < -0.3 is 10.6 Å². The van der Waals surface area contributed by atoms with Crippen molar-refractivity contribution >= 4 is 23.1 Å². The molecular formula is C14H15F3N4OS. The van der Waals surface area contributed by atoms with Gasteiger partial charge in [0.1, 0.15) is 10.7 Å². The number of nitrogens with one attached hydrogen (secondary N) is 2. The molecule has 0 atom stereocenters. The maximum atomic E-state index is 12.4. The first-order chi connectivity index (χ1) is 10.9. The molecule has 0 saturated heterocycles. The maximum absolute atomic E-state index is 12.4. The lowest BCUT2D eigenvalue weighted by atomic mass is 10.3. The van der Waals surface area contributed by atoms with Crippen molar-refractivity contribution in [1.82, 2.24) is 15.3 Å². The minimum Gasteiger partial charge on any atom is -0.368 e. The Morgan fingerprint density at radius 3 is 2.57 bits per heavy atom. The zero-order valence-electron chi connectivity index (χ0n) is 12.3. The summed E-state index contributed by atoms with van der Waals surface area (Å²) in [6.45, 7) is 2.63. The minimum absolute atomic E-state index is 0.218. The fourth-order valence-corrected chi connectivity index (χ4v) is 2.47. The molecule has 0 aliphatic carbocycles. The fourth-order valence-electron chi connectivity index (χ4n) is 1.70. The quantitative estimate of drug-likeness (QED) is 0.791. The summed E-state index contributed by atoms with van der Waals surface area (Å²) in [4.78, 5) is 20.2. The van der Waals surface area contributed by atoms with Crippen LogP contribution < -0.4 is 10.6 Å². The summed E-state index contributed by atoms with van der Waals surface area (Å²) in [5.41, 5.74) is -0.798. The standard InChI is InChI=1S/C14H15F3N4OS/c1-2-12-21-8-10(23-12)13(22)19-6-5-18-11-4-3-9(7-20-11)14(15,16)17/h3-4,7-8H,2,5-6H2,1H3,(H,18,20)(H,19,22). The molecule has 0 spiro atoms. The van der Waals surface area contributed by atoms with Crippen molar-refractivity contribution < 1.29 is 18.0 Å². The first-order valence-corrected chi connectivity index (χ1v) is 7.72. The number of carbonyl (C=O) groups is 1. The lowest BCUT2D eigenvalue weighted by Gasteiger charge is -2.09. The molecule has 5 nitrogen and oxygen atoms in total. The highest BCUT2D eigenvalue weighted by Crippen LogP contribution is 2.28. The van der Waals surface area contributed by atoms with Crippen molar-refractivity contribution in [3.63, 3.8) is 0 Å². The van der Waals surface area contributed by atoms with Crippen LogP contribution in [0.4, 0.5) is 19.0 Å². The van der Waals surface area contributed by atoms with Gasteiger partial charge in [-0.3, -0.25) is 4.79 Å². The topological polar surface area (TPSA) is 66.9 Å². The molecule has 0 fully saturated rings. The normalized spacial score (nSPS) is 11.3. The van der Waals surface area contributed by atoms with Crippen LogP contribution in [-0.4, -0.2) is 29.0 Å². The Balaban J connectivity index is 1.76. The van der Waals surface area contributed by atoms with E-state index in [-0.39, 0.29) is 5.91 Å². The number of hydrogen-bond acceptors (Lipinski definition) is 5. The maximum Gasteiger partial charge on any atom is 0.417 e. The van der Waals surface area contributed by atoms with Gasteiger partial charge in [0.2, 0.25) is 0 Å². The van der Waals surface area contributed by atoms with Crippen LogP contribution >= 0.6 is 11.3 Å². The molecule has 9 heteroatoms.